The van der Waals surface area contributed by atoms with Gasteiger partial charge in [-0.2, -0.15) is 13.2 Å². The molecule has 0 bridgehead atoms. The molecule has 0 saturated heterocycles. The molecule has 0 aliphatic heterocycles. The van der Waals surface area contributed by atoms with E-state index >= 15 is 0 Å². The normalized spacial score (nSPS) is 11.2. The zero-order valence-electron chi connectivity index (χ0n) is 21.0. The second-order valence-corrected chi connectivity index (χ2v) is 8.50. The number of pyridine rings is 1. The Morgan fingerprint density at radius 3 is 2.24 bits per heavy atom. The molecule has 1 aromatic heterocycles. The van der Waals surface area contributed by atoms with Crippen LogP contribution in [0.5, 0.6) is 11.5 Å². The van der Waals surface area contributed by atoms with Crippen molar-refractivity contribution >= 4 is 5.69 Å². The van der Waals surface area contributed by atoms with Crippen LogP contribution >= 0.6 is 0 Å². The van der Waals surface area contributed by atoms with E-state index in [4.69, 9.17) is 12.7 Å². The molecule has 4 nitrogen and oxygen atoms in total. The molecule has 0 radical (unpaired) electrons. The lowest BCUT2D eigenvalue weighted by atomic mass is 10.0. The van der Waals surface area contributed by atoms with E-state index in [1.807, 2.05) is 32.0 Å². The van der Waals surface area contributed by atoms with Gasteiger partial charge in [-0.25, -0.2) is 4.85 Å². The fourth-order valence-electron chi connectivity index (χ4n) is 3.99. The third-order valence-corrected chi connectivity index (χ3v) is 5.90. The van der Waals surface area contributed by atoms with Crippen LogP contribution < -0.4 is 10.3 Å². The number of terminal acetylenes is 1. The largest absolute Gasteiger partial charge is 0.457 e. The number of alkyl halides is 3. The summed E-state index contributed by atoms with van der Waals surface area (Å²) in [5.74, 6) is 3.57. The number of nitrogens with zero attached hydrogens (tertiary/aromatic N) is 2. The maximum atomic E-state index is 13.8. The standard InChI is InChI=1S/C30H21F3N2O2/c1-5-21-7-12-24(13-8-21)37-25-14-10-22(11-15-25)27-17-26(30(31,32)33)28(34-4)29(36)35(27)18-23-9-6-19(2)16-20(23)3/h1,6-17H,18H2,2-3H3/i1T. The molecule has 0 unspecified atom stereocenters. The van der Waals surface area contributed by atoms with E-state index in [0.29, 0.717) is 22.6 Å². The van der Waals surface area contributed by atoms with Gasteiger partial charge in [0.05, 0.1) is 18.7 Å². The Balaban J connectivity index is 1.78. The van der Waals surface area contributed by atoms with Gasteiger partial charge in [0.15, 0.2) is 0 Å². The number of benzene rings is 3. The van der Waals surface area contributed by atoms with Crippen molar-refractivity contribution in [2.24, 2.45) is 0 Å². The molecular weight excluding hydrogens is 477 g/mol. The van der Waals surface area contributed by atoms with E-state index in [1.54, 1.807) is 48.5 Å². The molecule has 0 atom stereocenters. The summed E-state index contributed by atoms with van der Waals surface area (Å²) in [6.45, 7) is 11.1. The molecule has 37 heavy (non-hydrogen) atoms. The lowest BCUT2D eigenvalue weighted by Gasteiger charge is -2.19. The Morgan fingerprint density at radius 1 is 1.03 bits per heavy atom. The molecule has 4 aromatic rings. The molecular formula is C30H21F3N2O2. The predicted octanol–water partition coefficient (Wildman–Crippen LogP) is 7.52. The average Bonchev–Trinajstić information content (AvgIpc) is 2.87. The fourth-order valence-corrected chi connectivity index (χ4v) is 3.99. The van der Waals surface area contributed by atoms with Crippen LogP contribution in [0, 0.1) is 32.7 Å². The maximum Gasteiger partial charge on any atom is 0.407 e. The Labute approximate surface area is 213 Å². The lowest BCUT2D eigenvalue weighted by molar-refractivity contribution is -0.136. The first-order valence-corrected chi connectivity index (χ1v) is 11.2. The molecule has 0 amide bonds. The van der Waals surface area contributed by atoms with Crippen molar-refractivity contribution in [2.45, 2.75) is 26.6 Å². The molecule has 0 aliphatic carbocycles. The highest BCUT2D eigenvalue weighted by Crippen LogP contribution is 2.37. The first kappa shape index (κ1) is 24.0. The topological polar surface area (TPSA) is 35.6 Å². The molecule has 0 saturated carbocycles. The van der Waals surface area contributed by atoms with Crippen LogP contribution in [0.4, 0.5) is 18.9 Å². The zero-order valence-corrected chi connectivity index (χ0v) is 20.0. The Bertz CT molecular complexity index is 1650. The summed E-state index contributed by atoms with van der Waals surface area (Å²) in [6.07, 6.45) is -2.80. The minimum absolute atomic E-state index is 0.00670. The molecule has 184 valence electrons. The fraction of sp³-hybridized carbons (Fsp3) is 0.133. The molecule has 0 N–H and O–H groups in total. The van der Waals surface area contributed by atoms with E-state index in [-0.39, 0.29) is 12.2 Å². The molecule has 0 fully saturated rings. The second-order valence-electron chi connectivity index (χ2n) is 8.50. The smallest absolute Gasteiger partial charge is 0.407 e. The highest BCUT2D eigenvalue weighted by Gasteiger charge is 2.36. The van der Waals surface area contributed by atoms with Crippen LogP contribution in [0.25, 0.3) is 16.1 Å². The summed E-state index contributed by atoms with van der Waals surface area (Å²) in [5.41, 5.74) is 0.507. The van der Waals surface area contributed by atoms with E-state index < -0.39 is 23.0 Å². The average molecular weight is 501 g/mol. The predicted molar refractivity (Wildman–Crippen MR) is 137 cm³/mol. The number of hydrogen-bond donors (Lipinski definition) is 0. The molecule has 0 aliphatic rings. The summed E-state index contributed by atoms with van der Waals surface area (Å²) < 4.78 is 55.5. The van der Waals surface area contributed by atoms with Gasteiger partial charge in [-0.05, 0) is 85.1 Å². The first-order chi connectivity index (χ1) is 18.1. The third-order valence-electron chi connectivity index (χ3n) is 5.90. The number of rotatable bonds is 5. The highest BCUT2D eigenvalue weighted by atomic mass is 19.4. The van der Waals surface area contributed by atoms with E-state index in [1.165, 1.54) is 4.57 Å². The summed E-state index contributed by atoms with van der Waals surface area (Å²) in [5, 5.41) is 0. The zero-order chi connectivity index (χ0) is 27.4. The van der Waals surface area contributed by atoms with Gasteiger partial charge < -0.3 is 9.30 Å². The quantitative estimate of drug-likeness (QED) is 0.210. The first-order valence-electron chi connectivity index (χ1n) is 11.7. The number of halogens is 3. The minimum Gasteiger partial charge on any atom is -0.457 e. The van der Waals surface area contributed by atoms with Crippen LogP contribution in [0.15, 0.2) is 77.6 Å². The van der Waals surface area contributed by atoms with Crippen molar-refractivity contribution < 1.29 is 19.3 Å². The van der Waals surface area contributed by atoms with Crippen molar-refractivity contribution in [3.8, 4) is 35.1 Å². The van der Waals surface area contributed by atoms with Crippen LogP contribution in [-0.4, -0.2) is 4.57 Å². The van der Waals surface area contributed by atoms with E-state index in [0.717, 1.165) is 22.8 Å². The number of aromatic nitrogens is 1. The third kappa shape index (κ3) is 5.42. The molecule has 0 spiro atoms. The van der Waals surface area contributed by atoms with E-state index in [2.05, 4.69) is 17.2 Å². The lowest BCUT2D eigenvalue weighted by Crippen LogP contribution is -2.25. The second kappa shape index (κ2) is 10.1. The Hall–Kier alpha value is -4.75. The van der Waals surface area contributed by atoms with Gasteiger partial charge in [-0.15, -0.1) is 6.40 Å². The molecule has 4 rings (SSSR count). The van der Waals surface area contributed by atoms with Gasteiger partial charge in [0.2, 0.25) is 0 Å². The van der Waals surface area contributed by atoms with Crippen molar-refractivity contribution in [3.63, 3.8) is 0 Å². The van der Waals surface area contributed by atoms with Gasteiger partial charge >= 0.3 is 6.18 Å². The van der Waals surface area contributed by atoms with Crippen LogP contribution in [0.1, 0.15) is 29.2 Å². The Kier molecular flexibility index (Phi) is 6.53. The van der Waals surface area contributed by atoms with Gasteiger partial charge in [0.1, 0.15) is 12.9 Å². The molecule has 7 heteroatoms. The van der Waals surface area contributed by atoms with Gasteiger partial charge in [0.25, 0.3) is 11.2 Å². The van der Waals surface area contributed by atoms with Crippen LogP contribution in [0.2, 0.25) is 0 Å². The monoisotopic (exact) mass is 500 g/mol. The highest BCUT2D eigenvalue weighted by molar-refractivity contribution is 5.67. The van der Waals surface area contributed by atoms with Crippen molar-refractivity contribution in [3.05, 3.63) is 122 Å². The molecule has 1 heterocycles. The summed E-state index contributed by atoms with van der Waals surface area (Å²) in [4.78, 5) is 16.2. The van der Waals surface area contributed by atoms with Gasteiger partial charge in [-0.3, -0.25) is 4.79 Å². The SMILES string of the molecule is [3H]C#Cc1ccc(Oc2ccc(-c3cc(C(F)(F)F)c([N+]#[C-])c(=O)n3Cc3ccc(C)cc3C)cc2)cc1. The Morgan fingerprint density at radius 2 is 1.68 bits per heavy atom. The van der Waals surface area contributed by atoms with E-state index in [9.17, 15) is 18.0 Å². The van der Waals surface area contributed by atoms with Crippen LogP contribution in [0.3, 0.4) is 0 Å². The summed E-state index contributed by atoms with van der Waals surface area (Å²) in [6, 6.07) is 19.6. The maximum absolute atomic E-state index is 13.8. The minimum atomic E-state index is -4.87. The summed E-state index contributed by atoms with van der Waals surface area (Å²) >= 11 is 0. The molecule has 3 aromatic carbocycles. The van der Waals surface area contributed by atoms with Crippen molar-refractivity contribution in [1.82, 2.24) is 4.57 Å². The van der Waals surface area contributed by atoms with Crippen LogP contribution in [-0.2, 0) is 12.7 Å². The number of ether oxygens (including phenoxy) is 1. The van der Waals surface area contributed by atoms with Crippen molar-refractivity contribution in [1.29, 1.82) is 0 Å². The number of hydrogen-bond acceptors (Lipinski definition) is 2. The van der Waals surface area contributed by atoms with Gasteiger partial charge in [-0.1, -0.05) is 29.7 Å². The van der Waals surface area contributed by atoms with Gasteiger partial charge in [0, 0.05) is 11.3 Å². The summed E-state index contributed by atoms with van der Waals surface area (Å²) in [7, 11) is 0. The number of aryl methyl sites for hydroxylation is 2. The van der Waals surface area contributed by atoms with Crippen molar-refractivity contribution in [2.75, 3.05) is 0 Å².